The first-order valence-corrected chi connectivity index (χ1v) is 10.1. The summed E-state index contributed by atoms with van der Waals surface area (Å²) in [6.45, 7) is 1.96. The molecule has 0 spiro atoms. The fourth-order valence-corrected chi connectivity index (χ4v) is 3.15. The molecular formula is C21H27N5O7. The molecule has 0 saturated heterocycles. The number of aromatic amines is 1. The van der Waals surface area contributed by atoms with E-state index in [1.807, 2.05) is 6.92 Å². The van der Waals surface area contributed by atoms with E-state index >= 15 is 0 Å². The number of aromatic nitrogens is 2. The van der Waals surface area contributed by atoms with Crippen LogP contribution >= 0.6 is 0 Å². The number of nitrogens with two attached hydrogens (primary N) is 1. The molecule has 0 bridgehead atoms. The number of rotatable bonds is 9. The summed E-state index contributed by atoms with van der Waals surface area (Å²) in [7, 11) is 3.84. The van der Waals surface area contributed by atoms with E-state index in [1.54, 1.807) is 0 Å². The number of esters is 2. The van der Waals surface area contributed by atoms with Crippen molar-refractivity contribution in [2.24, 2.45) is 0 Å². The Balaban J connectivity index is 2.29. The molecule has 0 aliphatic heterocycles. The summed E-state index contributed by atoms with van der Waals surface area (Å²) in [5.74, 6) is -2.03. The van der Waals surface area contributed by atoms with Gasteiger partial charge in [-0.25, -0.2) is 14.4 Å². The van der Waals surface area contributed by atoms with E-state index < -0.39 is 29.1 Å². The summed E-state index contributed by atoms with van der Waals surface area (Å²) < 4.78 is 10.6. The lowest BCUT2D eigenvalue weighted by Gasteiger charge is -2.21. The van der Waals surface area contributed by atoms with E-state index in [9.17, 15) is 24.0 Å². The monoisotopic (exact) mass is 461 g/mol. The molecule has 0 fully saturated rings. The second-order valence-electron chi connectivity index (χ2n) is 7.18. The third-order valence-electron chi connectivity index (χ3n) is 4.77. The van der Waals surface area contributed by atoms with Gasteiger partial charge in [-0.15, -0.1) is 0 Å². The van der Waals surface area contributed by atoms with Gasteiger partial charge in [-0.05, 0) is 24.6 Å². The molecular weight excluding hydrogens is 434 g/mol. The average molecular weight is 461 g/mol. The Bertz CT molecular complexity index is 1130. The zero-order valence-corrected chi connectivity index (χ0v) is 18.9. The topological polar surface area (TPSA) is 166 Å². The summed E-state index contributed by atoms with van der Waals surface area (Å²) in [6, 6.07) is 3.95. The second kappa shape index (κ2) is 11.0. The third kappa shape index (κ3) is 5.99. The summed E-state index contributed by atoms with van der Waals surface area (Å²) in [6.07, 6.45) is 1.50. The highest BCUT2D eigenvalue weighted by molar-refractivity contribution is 6.00. The Kier molecular flexibility index (Phi) is 8.37. The van der Waals surface area contributed by atoms with Crippen LogP contribution in [0.1, 0.15) is 40.5 Å². The molecule has 33 heavy (non-hydrogen) atoms. The fraction of sp³-hybridized carbons (Fsp3) is 0.381. The number of carbonyl (C=O) groups is 3. The summed E-state index contributed by atoms with van der Waals surface area (Å²) in [5.41, 5.74) is 4.90. The molecule has 12 nitrogen and oxygen atoms in total. The van der Waals surface area contributed by atoms with E-state index in [2.05, 4.69) is 19.8 Å². The smallest absolute Gasteiger partial charge is 0.337 e. The van der Waals surface area contributed by atoms with Crippen LogP contribution in [-0.4, -0.2) is 55.2 Å². The number of carbonyl (C=O) groups excluding carboxylic acids is 3. The fourth-order valence-electron chi connectivity index (χ4n) is 3.15. The van der Waals surface area contributed by atoms with Crippen LogP contribution in [0.2, 0.25) is 0 Å². The molecule has 2 aromatic rings. The van der Waals surface area contributed by atoms with E-state index in [0.29, 0.717) is 13.0 Å². The molecule has 0 unspecified atom stereocenters. The van der Waals surface area contributed by atoms with Gasteiger partial charge in [-0.3, -0.25) is 19.1 Å². The van der Waals surface area contributed by atoms with Gasteiger partial charge in [0.15, 0.2) is 0 Å². The van der Waals surface area contributed by atoms with Crippen molar-refractivity contribution in [3.63, 3.8) is 0 Å². The van der Waals surface area contributed by atoms with Crippen molar-refractivity contribution in [2.75, 3.05) is 43.8 Å². The van der Waals surface area contributed by atoms with Crippen LogP contribution in [-0.2, 0) is 20.8 Å². The number of nitrogens with zero attached hydrogens (tertiary/aromatic N) is 2. The number of anilines is 3. The minimum atomic E-state index is -0.721. The molecule has 12 heteroatoms. The van der Waals surface area contributed by atoms with E-state index in [4.69, 9.17) is 5.73 Å². The number of unbranched alkanes of at least 4 members (excludes halogenated alkanes) is 1. The maximum Gasteiger partial charge on any atom is 0.337 e. The van der Waals surface area contributed by atoms with Crippen molar-refractivity contribution in [1.82, 2.24) is 9.55 Å². The first-order chi connectivity index (χ1) is 15.6. The molecule has 1 aromatic heterocycles. The zero-order valence-electron chi connectivity index (χ0n) is 18.9. The van der Waals surface area contributed by atoms with Gasteiger partial charge in [0.25, 0.3) is 5.56 Å². The molecule has 4 N–H and O–H groups in total. The molecule has 0 radical (unpaired) electrons. The minimum absolute atomic E-state index is 0.0283. The number of H-pyrrole nitrogens is 1. The molecule has 1 heterocycles. The first kappa shape index (κ1) is 25.2. The van der Waals surface area contributed by atoms with Gasteiger partial charge in [0, 0.05) is 19.3 Å². The van der Waals surface area contributed by atoms with Crippen LogP contribution in [0.5, 0.6) is 0 Å². The number of hydrogen-bond donors (Lipinski definition) is 3. The van der Waals surface area contributed by atoms with Gasteiger partial charge in [-0.1, -0.05) is 13.3 Å². The Morgan fingerprint density at radius 1 is 1.09 bits per heavy atom. The first-order valence-electron chi connectivity index (χ1n) is 10.1. The van der Waals surface area contributed by atoms with Gasteiger partial charge in [0.05, 0.1) is 31.9 Å². The Hall–Kier alpha value is -4.09. The van der Waals surface area contributed by atoms with Crippen LogP contribution in [0.4, 0.5) is 17.2 Å². The summed E-state index contributed by atoms with van der Waals surface area (Å²) in [5, 5.41) is 2.56. The molecule has 0 aliphatic rings. The predicted molar refractivity (Wildman–Crippen MR) is 122 cm³/mol. The minimum Gasteiger partial charge on any atom is -0.465 e. The molecule has 1 aromatic carbocycles. The molecule has 178 valence electrons. The summed E-state index contributed by atoms with van der Waals surface area (Å²) >= 11 is 0. The van der Waals surface area contributed by atoms with Crippen molar-refractivity contribution < 1.29 is 23.9 Å². The van der Waals surface area contributed by atoms with Crippen LogP contribution in [0.15, 0.2) is 27.8 Å². The lowest BCUT2D eigenvalue weighted by atomic mass is 10.1. The van der Waals surface area contributed by atoms with E-state index in [0.717, 1.165) is 6.42 Å². The average Bonchev–Trinajstić information content (AvgIpc) is 2.77. The standard InChI is InChI=1S/C21H27N5O7/c1-5-6-7-26-17(22)16(18(28)24-21(26)31)25(2)11-15(27)23-14-9-12(19(29)32-3)8-13(10-14)20(30)33-4/h8-10H,5-7,11,22H2,1-4H3,(H,23,27)(H,24,28,31). The normalized spacial score (nSPS) is 10.4. The SMILES string of the molecule is CCCCn1c(N)c(N(C)CC(=O)Nc2cc(C(=O)OC)cc(C(=O)OC)c2)c(=O)[nH]c1=O. The Morgan fingerprint density at radius 2 is 1.67 bits per heavy atom. The van der Waals surface area contributed by atoms with Gasteiger partial charge >= 0.3 is 17.6 Å². The van der Waals surface area contributed by atoms with Crippen LogP contribution in [0, 0.1) is 0 Å². The van der Waals surface area contributed by atoms with Gasteiger partial charge in [-0.2, -0.15) is 0 Å². The van der Waals surface area contributed by atoms with Crippen molar-refractivity contribution in [2.45, 2.75) is 26.3 Å². The second-order valence-corrected chi connectivity index (χ2v) is 7.18. The molecule has 0 aliphatic carbocycles. The Morgan fingerprint density at radius 3 is 2.18 bits per heavy atom. The third-order valence-corrected chi connectivity index (χ3v) is 4.77. The molecule has 0 saturated carbocycles. The largest absolute Gasteiger partial charge is 0.465 e. The van der Waals surface area contributed by atoms with Gasteiger partial charge in [0.1, 0.15) is 11.5 Å². The Labute approximate surface area is 189 Å². The predicted octanol–water partition coefficient (Wildman–Crippen LogP) is 0.567. The van der Waals surface area contributed by atoms with Gasteiger partial charge in [0.2, 0.25) is 5.91 Å². The number of hydrogen-bond acceptors (Lipinski definition) is 9. The number of amides is 1. The lowest BCUT2D eigenvalue weighted by molar-refractivity contribution is -0.114. The maximum absolute atomic E-state index is 12.6. The summed E-state index contributed by atoms with van der Waals surface area (Å²) in [4.78, 5) is 64.4. The number of ether oxygens (including phenoxy) is 2. The molecule has 1 amide bonds. The number of nitrogen functional groups attached to an aromatic ring is 1. The van der Waals surface area contributed by atoms with Crippen molar-refractivity contribution in [3.8, 4) is 0 Å². The molecule has 2 rings (SSSR count). The highest BCUT2D eigenvalue weighted by atomic mass is 16.5. The van der Waals surface area contributed by atoms with E-state index in [-0.39, 0.29) is 34.9 Å². The zero-order chi connectivity index (χ0) is 24.7. The van der Waals surface area contributed by atoms with Crippen molar-refractivity contribution >= 4 is 35.0 Å². The highest BCUT2D eigenvalue weighted by Crippen LogP contribution is 2.18. The quantitative estimate of drug-likeness (QED) is 0.452. The number of methoxy groups -OCH3 is 2. The van der Waals surface area contributed by atoms with Crippen LogP contribution < -0.4 is 27.2 Å². The van der Waals surface area contributed by atoms with E-state index in [1.165, 1.54) is 48.9 Å². The number of benzene rings is 1. The maximum atomic E-state index is 12.6. The highest BCUT2D eigenvalue weighted by Gasteiger charge is 2.19. The van der Waals surface area contributed by atoms with Crippen LogP contribution in [0.3, 0.4) is 0 Å². The van der Waals surface area contributed by atoms with Crippen molar-refractivity contribution in [3.05, 3.63) is 50.2 Å². The van der Waals surface area contributed by atoms with Gasteiger partial charge < -0.3 is 25.4 Å². The van der Waals surface area contributed by atoms with Crippen LogP contribution in [0.25, 0.3) is 0 Å². The molecule has 0 atom stereocenters. The number of likely N-dealkylation sites (N-methyl/N-ethyl adjacent to an activating group) is 1. The van der Waals surface area contributed by atoms with Crippen molar-refractivity contribution in [1.29, 1.82) is 0 Å². The number of nitrogens with one attached hydrogen (secondary N) is 2. The lowest BCUT2D eigenvalue weighted by Crippen LogP contribution is -2.39.